The smallest absolute Gasteiger partial charge is 0.276 e. The van der Waals surface area contributed by atoms with E-state index >= 15 is 0 Å². The van der Waals surface area contributed by atoms with Crippen molar-refractivity contribution in [3.05, 3.63) is 42.2 Å². The van der Waals surface area contributed by atoms with E-state index in [9.17, 15) is 9.18 Å². The lowest BCUT2D eigenvalue weighted by atomic mass is 10.1. The van der Waals surface area contributed by atoms with Crippen LogP contribution in [0.25, 0.3) is 11.3 Å². The Morgan fingerprint density at radius 1 is 1.32 bits per heavy atom. The molecular weight excluding hydrogens is 287 g/mol. The van der Waals surface area contributed by atoms with E-state index in [2.05, 4.69) is 4.98 Å². The number of morpholine rings is 1. The molecule has 2 aromatic rings. The molecule has 0 aliphatic carbocycles. The van der Waals surface area contributed by atoms with Crippen LogP contribution in [0.2, 0.25) is 0 Å². The SMILES string of the molecule is C[C@@H]1OCCN(C(=O)c2ncoc2-c2ccc(F)cc2)[C@H]1C. The molecule has 22 heavy (non-hydrogen) atoms. The molecule has 116 valence electrons. The first-order valence-corrected chi connectivity index (χ1v) is 7.20. The van der Waals surface area contributed by atoms with Crippen LogP contribution in [0.4, 0.5) is 4.39 Å². The van der Waals surface area contributed by atoms with Crippen molar-refractivity contribution in [1.82, 2.24) is 9.88 Å². The van der Waals surface area contributed by atoms with Crippen molar-refractivity contribution in [3.63, 3.8) is 0 Å². The molecule has 1 aromatic heterocycles. The molecule has 1 fully saturated rings. The van der Waals surface area contributed by atoms with Crippen molar-refractivity contribution < 1.29 is 18.3 Å². The Balaban J connectivity index is 1.91. The Labute approximate surface area is 127 Å². The van der Waals surface area contributed by atoms with E-state index in [0.29, 0.717) is 24.5 Å². The summed E-state index contributed by atoms with van der Waals surface area (Å²) in [6.07, 6.45) is 1.21. The Morgan fingerprint density at radius 3 is 2.77 bits per heavy atom. The summed E-state index contributed by atoms with van der Waals surface area (Å²) in [5.41, 5.74) is 0.865. The molecule has 0 spiro atoms. The first-order chi connectivity index (χ1) is 10.6. The lowest BCUT2D eigenvalue weighted by Gasteiger charge is -2.37. The van der Waals surface area contributed by atoms with Crippen molar-refractivity contribution >= 4 is 5.91 Å². The summed E-state index contributed by atoms with van der Waals surface area (Å²) in [5, 5.41) is 0. The molecule has 0 bridgehead atoms. The van der Waals surface area contributed by atoms with Crippen LogP contribution in [0.5, 0.6) is 0 Å². The third kappa shape index (κ3) is 2.62. The zero-order valence-corrected chi connectivity index (χ0v) is 12.5. The molecule has 2 atom stereocenters. The fraction of sp³-hybridized carbons (Fsp3) is 0.375. The zero-order valence-electron chi connectivity index (χ0n) is 12.5. The van der Waals surface area contributed by atoms with E-state index in [-0.39, 0.29) is 29.6 Å². The minimum atomic E-state index is -0.341. The summed E-state index contributed by atoms with van der Waals surface area (Å²) in [5.74, 6) is -0.182. The van der Waals surface area contributed by atoms with Crippen LogP contribution in [-0.4, -0.2) is 41.1 Å². The number of ether oxygens (including phenoxy) is 1. The number of benzene rings is 1. The van der Waals surface area contributed by atoms with E-state index < -0.39 is 0 Å². The highest BCUT2D eigenvalue weighted by atomic mass is 19.1. The molecule has 1 aliphatic rings. The summed E-state index contributed by atoms with van der Waals surface area (Å²) in [6, 6.07) is 5.74. The number of rotatable bonds is 2. The highest BCUT2D eigenvalue weighted by Gasteiger charge is 2.32. The number of carbonyl (C=O) groups excluding carboxylic acids is 1. The van der Waals surface area contributed by atoms with Gasteiger partial charge in [0, 0.05) is 12.1 Å². The van der Waals surface area contributed by atoms with Gasteiger partial charge in [-0.15, -0.1) is 0 Å². The maximum atomic E-state index is 13.0. The maximum absolute atomic E-state index is 13.0. The maximum Gasteiger partial charge on any atom is 0.276 e. The molecule has 1 saturated heterocycles. The van der Waals surface area contributed by atoms with Gasteiger partial charge < -0.3 is 14.1 Å². The molecule has 2 heterocycles. The van der Waals surface area contributed by atoms with Gasteiger partial charge in [0.2, 0.25) is 0 Å². The minimum absolute atomic E-state index is 0.0288. The van der Waals surface area contributed by atoms with Gasteiger partial charge in [-0.25, -0.2) is 9.37 Å². The van der Waals surface area contributed by atoms with Gasteiger partial charge in [0.15, 0.2) is 17.8 Å². The topological polar surface area (TPSA) is 55.6 Å². The van der Waals surface area contributed by atoms with Crippen molar-refractivity contribution in [2.24, 2.45) is 0 Å². The number of oxazole rings is 1. The summed E-state index contributed by atoms with van der Waals surface area (Å²) in [7, 11) is 0. The van der Waals surface area contributed by atoms with E-state index in [1.807, 2.05) is 13.8 Å². The van der Waals surface area contributed by atoms with Gasteiger partial charge in [0.05, 0.1) is 18.8 Å². The van der Waals surface area contributed by atoms with Gasteiger partial charge in [-0.2, -0.15) is 0 Å². The minimum Gasteiger partial charge on any atom is -0.443 e. The molecule has 6 heteroatoms. The Hall–Kier alpha value is -2.21. The van der Waals surface area contributed by atoms with Gasteiger partial charge >= 0.3 is 0 Å². The van der Waals surface area contributed by atoms with E-state index in [1.165, 1.54) is 18.5 Å². The average molecular weight is 304 g/mol. The number of aromatic nitrogens is 1. The molecule has 0 saturated carbocycles. The number of nitrogens with zero attached hydrogens (tertiary/aromatic N) is 2. The fourth-order valence-electron chi connectivity index (χ4n) is 2.56. The first kappa shape index (κ1) is 14.7. The Bertz CT molecular complexity index is 668. The van der Waals surface area contributed by atoms with Crippen molar-refractivity contribution in [3.8, 4) is 11.3 Å². The highest BCUT2D eigenvalue weighted by molar-refractivity contribution is 5.97. The lowest BCUT2D eigenvalue weighted by molar-refractivity contribution is -0.0442. The molecule has 1 aliphatic heterocycles. The van der Waals surface area contributed by atoms with Gasteiger partial charge in [0.1, 0.15) is 5.82 Å². The first-order valence-electron chi connectivity index (χ1n) is 7.20. The highest BCUT2D eigenvalue weighted by Crippen LogP contribution is 2.26. The molecule has 1 amide bonds. The summed E-state index contributed by atoms with van der Waals surface area (Å²) >= 11 is 0. The second kappa shape index (κ2) is 5.88. The zero-order chi connectivity index (χ0) is 15.7. The van der Waals surface area contributed by atoms with Crippen LogP contribution >= 0.6 is 0 Å². The Morgan fingerprint density at radius 2 is 2.05 bits per heavy atom. The van der Waals surface area contributed by atoms with Crippen molar-refractivity contribution in [2.75, 3.05) is 13.2 Å². The summed E-state index contributed by atoms with van der Waals surface area (Å²) in [6.45, 7) is 4.90. The molecule has 5 nitrogen and oxygen atoms in total. The third-order valence-electron chi connectivity index (χ3n) is 4.02. The lowest BCUT2D eigenvalue weighted by Crippen LogP contribution is -2.51. The van der Waals surface area contributed by atoms with Crippen molar-refractivity contribution in [1.29, 1.82) is 0 Å². The van der Waals surface area contributed by atoms with Crippen LogP contribution in [0.15, 0.2) is 35.1 Å². The number of halogens is 1. The predicted molar refractivity (Wildman–Crippen MR) is 77.8 cm³/mol. The normalized spacial score (nSPS) is 21.9. The van der Waals surface area contributed by atoms with Gasteiger partial charge in [-0.05, 0) is 38.1 Å². The van der Waals surface area contributed by atoms with E-state index in [1.54, 1.807) is 17.0 Å². The molecule has 0 unspecified atom stereocenters. The number of hydrogen-bond donors (Lipinski definition) is 0. The fourth-order valence-corrected chi connectivity index (χ4v) is 2.56. The number of hydrogen-bond acceptors (Lipinski definition) is 4. The van der Waals surface area contributed by atoms with Crippen molar-refractivity contribution in [2.45, 2.75) is 26.0 Å². The molecular formula is C16H17FN2O3. The Kier molecular flexibility index (Phi) is 3.94. The van der Waals surface area contributed by atoms with Crippen LogP contribution in [-0.2, 0) is 4.74 Å². The quantitative estimate of drug-likeness (QED) is 0.856. The summed E-state index contributed by atoms with van der Waals surface area (Å²) < 4.78 is 23.9. The van der Waals surface area contributed by atoms with Crippen LogP contribution in [0, 0.1) is 5.82 Å². The standard InChI is InChI=1S/C16H17FN2O3/c1-10-11(2)21-8-7-19(10)16(20)14-15(22-9-18-14)12-3-5-13(17)6-4-12/h3-6,9-11H,7-8H2,1-2H3/t10-,11-/m0/s1. The van der Waals surface area contributed by atoms with E-state index in [0.717, 1.165) is 0 Å². The number of carbonyl (C=O) groups is 1. The van der Waals surface area contributed by atoms with Crippen LogP contribution in [0.1, 0.15) is 24.3 Å². The second-order valence-corrected chi connectivity index (χ2v) is 5.35. The molecule has 3 rings (SSSR count). The van der Waals surface area contributed by atoms with Gasteiger partial charge in [0.25, 0.3) is 5.91 Å². The van der Waals surface area contributed by atoms with Gasteiger partial charge in [-0.1, -0.05) is 0 Å². The molecule has 0 N–H and O–H groups in total. The largest absolute Gasteiger partial charge is 0.443 e. The summed E-state index contributed by atoms with van der Waals surface area (Å²) in [4.78, 5) is 18.5. The number of amides is 1. The third-order valence-corrected chi connectivity index (χ3v) is 4.02. The second-order valence-electron chi connectivity index (χ2n) is 5.35. The average Bonchev–Trinajstić information content (AvgIpc) is 2.99. The van der Waals surface area contributed by atoms with Gasteiger partial charge in [-0.3, -0.25) is 4.79 Å². The van der Waals surface area contributed by atoms with Crippen LogP contribution in [0.3, 0.4) is 0 Å². The van der Waals surface area contributed by atoms with E-state index in [4.69, 9.17) is 9.15 Å². The molecule has 0 radical (unpaired) electrons. The predicted octanol–water partition coefficient (Wildman–Crippen LogP) is 2.73. The van der Waals surface area contributed by atoms with Crippen LogP contribution < -0.4 is 0 Å². The monoisotopic (exact) mass is 304 g/mol. The molecule has 1 aromatic carbocycles.